The maximum absolute atomic E-state index is 5.68. The number of alkyl halides is 11. The third-order valence-corrected chi connectivity index (χ3v) is 5.01. The van der Waals surface area contributed by atoms with E-state index in [1.165, 1.54) is 0 Å². The normalized spacial score (nSPS) is 15.8. The van der Waals surface area contributed by atoms with Gasteiger partial charge in [-0.2, -0.15) is 0 Å². The van der Waals surface area contributed by atoms with Gasteiger partial charge in [0, 0.05) is 0 Å². The largest absolute Gasteiger partial charge is 0.207 e. The predicted octanol–water partition coefficient (Wildman–Crippen LogP) is 6.89. The summed E-state index contributed by atoms with van der Waals surface area (Å²) in [5.41, 5.74) is -2.27. The molecule has 98 valence electrons. The second-order valence-electron chi connectivity index (χ2n) is 2.60. The van der Waals surface area contributed by atoms with Crippen LogP contribution in [0, 0.1) is 5.41 Å². The van der Waals surface area contributed by atoms with Crippen LogP contribution in [0.5, 0.6) is 0 Å². The van der Waals surface area contributed by atoms with Crippen LogP contribution in [0.3, 0.4) is 0 Å². The molecule has 0 radical (unpaired) electrons. The second-order valence-corrected chi connectivity index (χ2v) is 10.5. The van der Waals surface area contributed by atoms with Gasteiger partial charge in [-0.25, -0.2) is 0 Å². The first-order chi connectivity index (χ1) is 6.69. The molecule has 0 rings (SSSR count). The van der Waals surface area contributed by atoms with Crippen LogP contribution >= 0.6 is 128 Å². The summed E-state index contributed by atoms with van der Waals surface area (Å²) in [6, 6.07) is 0. The Bertz CT molecular complexity index is 203. The highest BCUT2D eigenvalue weighted by Gasteiger charge is 2.74. The topological polar surface area (TPSA) is 0 Å². The molecule has 0 heterocycles. The van der Waals surface area contributed by atoms with E-state index in [0.717, 1.165) is 0 Å². The quantitative estimate of drug-likeness (QED) is 0.381. The Morgan fingerprint density at radius 2 is 0.688 bits per heavy atom. The molecule has 0 saturated heterocycles. The van der Waals surface area contributed by atoms with E-state index in [1.54, 1.807) is 0 Å². The van der Waals surface area contributed by atoms with E-state index in [9.17, 15) is 0 Å². The molecule has 0 atom stereocenters. The molecule has 0 N–H and O–H groups in total. The van der Waals surface area contributed by atoms with E-state index in [0.29, 0.717) is 0 Å². The van der Waals surface area contributed by atoms with Crippen molar-refractivity contribution in [3.05, 3.63) is 0 Å². The van der Waals surface area contributed by atoms with Crippen molar-refractivity contribution in [3.63, 3.8) is 0 Å². The minimum Gasteiger partial charge on any atom is -0.104 e. The first kappa shape index (κ1) is 19.2. The van der Waals surface area contributed by atoms with E-state index in [-0.39, 0.29) is 0 Å². The van der Waals surface area contributed by atoms with Gasteiger partial charge in [-0.1, -0.05) is 104 Å². The highest BCUT2D eigenvalue weighted by Crippen LogP contribution is 2.70. The van der Waals surface area contributed by atoms with E-state index in [1.807, 2.05) is 0 Å². The molecule has 0 nitrogen and oxygen atoms in total. The van der Waals surface area contributed by atoms with Crippen molar-refractivity contribution in [3.8, 4) is 0 Å². The van der Waals surface area contributed by atoms with Crippen LogP contribution < -0.4 is 0 Å². The fourth-order valence-electron chi connectivity index (χ4n) is 0.853. The standard InChI is InChI=1S/C5HCl11/c6-1(7)2(3(8,9)10,4(11,12)13)5(14,15)16/h1H. The zero-order valence-corrected chi connectivity index (χ0v) is 15.1. The predicted molar refractivity (Wildman–Crippen MR) is 78.8 cm³/mol. The molecule has 0 aliphatic heterocycles. The Morgan fingerprint density at radius 1 is 0.500 bits per heavy atom. The van der Waals surface area contributed by atoms with Gasteiger partial charge in [-0.05, 0) is 0 Å². The Balaban J connectivity index is 6.05. The summed E-state index contributed by atoms with van der Waals surface area (Å²) in [6.07, 6.45) is 0. The van der Waals surface area contributed by atoms with Crippen LogP contribution in [0.4, 0.5) is 0 Å². The van der Waals surface area contributed by atoms with Gasteiger partial charge in [0.2, 0.25) is 11.4 Å². The molecule has 0 spiro atoms. The minimum atomic E-state index is -2.34. The molecule has 0 bridgehead atoms. The molecule has 0 aliphatic carbocycles. The van der Waals surface area contributed by atoms with Crippen LogP contribution in [-0.2, 0) is 0 Å². The maximum atomic E-state index is 5.68. The fraction of sp³-hybridized carbons (Fsp3) is 1.00. The molecule has 0 saturated carbocycles. The van der Waals surface area contributed by atoms with Gasteiger partial charge in [-0.3, -0.25) is 0 Å². The van der Waals surface area contributed by atoms with Crippen molar-refractivity contribution in [2.24, 2.45) is 5.41 Å². The summed E-state index contributed by atoms with van der Waals surface area (Å²) in [7, 11) is 0. The molecule has 0 amide bonds. The number of hydrogen-bond donors (Lipinski definition) is 0. The molecule has 0 fully saturated rings. The fourth-order valence-corrected chi connectivity index (χ4v) is 7.68. The van der Waals surface area contributed by atoms with Gasteiger partial charge in [0.15, 0.2) is 0 Å². The summed E-state index contributed by atoms with van der Waals surface area (Å²) < 4.78 is -7.01. The summed E-state index contributed by atoms with van der Waals surface area (Å²) in [5, 5.41) is 0. The van der Waals surface area contributed by atoms with Gasteiger partial charge in [0.25, 0.3) is 0 Å². The van der Waals surface area contributed by atoms with Crippen molar-refractivity contribution in [2.75, 3.05) is 0 Å². The van der Waals surface area contributed by atoms with Crippen LogP contribution in [-0.4, -0.2) is 16.2 Å². The third kappa shape index (κ3) is 3.44. The van der Waals surface area contributed by atoms with Gasteiger partial charge >= 0.3 is 0 Å². The maximum Gasteiger partial charge on any atom is 0.207 e. The SMILES string of the molecule is ClC(Cl)C(C(Cl)(Cl)Cl)(C(Cl)(Cl)Cl)C(Cl)(Cl)Cl. The van der Waals surface area contributed by atoms with Gasteiger partial charge in [0.05, 0.1) is 0 Å². The lowest BCUT2D eigenvalue weighted by atomic mass is 9.96. The highest BCUT2D eigenvalue weighted by atomic mass is 35.6. The third-order valence-electron chi connectivity index (χ3n) is 1.67. The molecule has 16 heavy (non-hydrogen) atoms. The van der Waals surface area contributed by atoms with Crippen molar-refractivity contribution >= 4 is 128 Å². The summed E-state index contributed by atoms with van der Waals surface area (Å²) in [4.78, 5) is -1.57. The van der Waals surface area contributed by atoms with Crippen LogP contribution in [0.1, 0.15) is 0 Å². The summed E-state index contributed by atoms with van der Waals surface area (Å²) >= 11 is 62.4. The molecule has 0 aromatic heterocycles. The first-order valence-corrected chi connectivity index (χ1v) is 7.45. The van der Waals surface area contributed by atoms with Crippen molar-refractivity contribution in [1.29, 1.82) is 0 Å². The van der Waals surface area contributed by atoms with Crippen LogP contribution in [0.15, 0.2) is 0 Å². The Labute approximate surface area is 148 Å². The molecule has 11 heteroatoms. The van der Waals surface area contributed by atoms with Gasteiger partial charge in [-0.15, -0.1) is 23.2 Å². The Morgan fingerprint density at radius 3 is 0.688 bits per heavy atom. The van der Waals surface area contributed by atoms with E-state index in [4.69, 9.17) is 128 Å². The molecular formula is C5HCl11. The molecule has 0 aromatic rings. The molecule has 0 aliphatic rings. The average Bonchev–Trinajstić information content (AvgIpc) is 1.71. The van der Waals surface area contributed by atoms with E-state index in [2.05, 4.69) is 0 Å². The number of hydrogen-bond acceptors (Lipinski definition) is 0. The highest BCUT2D eigenvalue weighted by molar-refractivity contribution is 6.79. The lowest BCUT2D eigenvalue weighted by Gasteiger charge is -2.49. The molecule has 0 unspecified atom stereocenters. The van der Waals surface area contributed by atoms with Crippen molar-refractivity contribution < 1.29 is 0 Å². The van der Waals surface area contributed by atoms with E-state index >= 15 is 0 Å². The van der Waals surface area contributed by atoms with Crippen LogP contribution in [0.2, 0.25) is 0 Å². The zero-order chi connectivity index (χ0) is 13.6. The lowest BCUT2D eigenvalue weighted by molar-refractivity contribution is 0.330. The Kier molecular flexibility index (Phi) is 7.07. The van der Waals surface area contributed by atoms with Crippen LogP contribution in [0.25, 0.3) is 0 Å². The monoisotopic (exact) mass is 446 g/mol. The lowest BCUT2D eigenvalue weighted by Crippen LogP contribution is -2.59. The molecule has 0 aromatic carbocycles. The Hall–Kier alpha value is 3.19. The summed E-state index contributed by atoms with van der Waals surface area (Å²) in [5.74, 6) is 0. The van der Waals surface area contributed by atoms with Crippen molar-refractivity contribution in [1.82, 2.24) is 0 Å². The first-order valence-electron chi connectivity index (χ1n) is 3.18. The van der Waals surface area contributed by atoms with Gasteiger partial charge in [0.1, 0.15) is 10.3 Å². The summed E-state index contributed by atoms with van der Waals surface area (Å²) in [6.45, 7) is 0. The van der Waals surface area contributed by atoms with Crippen molar-refractivity contribution in [2.45, 2.75) is 16.2 Å². The number of halogens is 11. The zero-order valence-electron chi connectivity index (χ0n) is 6.73. The van der Waals surface area contributed by atoms with E-state index < -0.39 is 21.6 Å². The smallest absolute Gasteiger partial charge is 0.104 e. The minimum absolute atomic E-state index is 1.57. The van der Waals surface area contributed by atoms with Gasteiger partial charge < -0.3 is 0 Å². The second kappa shape index (κ2) is 5.90. The number of rotatable bonds is 1. The molecular weight excluding hydrogens is 450 g/mol. The average molecular weight is 451 g/mol.